The molecule has 2 aliphatic heterocycles. The first kappa shape index (κ1) is 28.7. The minimum atomic E-state index is -0.655. The molecule has 0 bridgehead atoms. The Morgan fingerprint density at radius 2 is 1.51 bits per heavy atom. The summed E-state index contributed by atoms with van der Waals surface area (Å²) in [6.07, 6.45) is 0. The smallest absolute Gasteiger partial charge is 0.255 e. The quantitative estimate of drug-likeness (QED) is 0.226. The molecule has 7 heteroatoms. The number of carbonyl (C=O) groups is 2. The second-order valence-corrected chi connectivity index (χ2v) is 12.1. The van der Waals surface area contributed by atoms with Crippen LogP contribution in [0, 0.1) is 6.92 Å². The summed E-state index contributed by atoms with van der Waals surface area (Å²) in [5, 5.41) is 1.08. The van der Waals surface area contributed by atoms with E-state index in [1.165, 1.54) is 5.56 Å². The minimum Gasteiger partial charge on any atom is -0.495 e. The molecule has 1 saturated heterocycles. The predicted octanol–water partition coefficient (Wildman–Crippen LogP) is 6.44. The number of aryl methyl sites for hydroxylation is 2. The molecule has 4 aromatic carbocycles. The van der Waals surface area contributed by atoms with Gasteiger partial charge in [0.1, 0.15) is 11.8 Å². The Morgan fingerprint density at radius 1 is 0.844 bits per heavy atom. The van der Waals surface area contributed by atoms with E-state index < -0.39 is 12.1 Å². The number of piperazine rings is 1. The molecular formula is C38H38N4O3. The fourth-order valence-corrected chi connectivity index (χ4v) is 7.23. The van der Waals surface area contributed by atoms with Crippen molar-refractivity contribution in [2.45, 2.75) is 25.9 Å². The second kappa shape index (κ2) is 11.5. The maximum Gasteiger partial charge on any atom is 0.255 e. The van der Waals surface area contributed by atoms with Gasteiger partial charge in [0, 0.05) is 55.3 Å². The number of fused-ring (bicyclic) bond motifs is 2. The van der Waals surface area contributed by atoms with Crippen LogP contribution in [-0.2, 0) is 11.8 Å². The third-order valence-corrected chi connectivity index (χ3v) is 9.53. The van der Waals surface area contributed by atoms with Gasteiger partial charge in [0.05, 0.1) is 24.5 Å². The summed E-state index contributed by atoms with van der Waals surface area (Å²) < 4.78 is 7.81. The number of amides is 2. The Morgan fingerprint density at radius 3 is 2.27 bits per heavy atom. The fourth-order valence-electron chi connectivity index (χ4n) is 7.23. The SMILES string of the molecule is COc1ccccc1N1CCN(C(=O)C(C)N2C(=O)c3ccccc3C2c2c(-c3ccc(C)cc3)n(C)c3ccccc23)CC1. The Bertz CT molecular complexity index is 1900. The Balaban J connectivity index is 1.27. The van der Waals surface area contributed by atoms with Crippen LogP contribution in [0.15, 0.2) is 97.1 Å². The number of para-hydroxylation sites is 3. The summed E-state index contributed by atoms with van der Waals surface area (Å²) in [7, 11) is 3.77. The summed E-state index contributed by atoms with van der Waals surface area (Å²) in [4.78, 5) is 34.6. The van der Waals surface area contributed by atoms with Crippen molar-refractivity contribution in [2.24, 2.45) is 7.05 Å². The molecule has 0 aliphatic carbocycles. The average Bonchev–Trinajstić information content (AvgIpc) is 3.54. The molecule has 0 spiro atoms. The van der Waals surface area contributed by atoms with E-state index in [-0.39, 0.29) is 11.8 Å². The van der Waals surface area contributed by atoms with Crippen LogP contribution in [0.4, 0.5) is 5.69 Å². The molecule has 1 fully saturated rings. The maximum absolute atomic E-state index is 14.3. The van der Waals surface area contributed by atoms with E-state index in [4.69, 9.17) is 4.74 Å². The topological polar surface area (TPSA) is 58.0 Å². The number of carbonyl (C=O) groups excluding carboxylic acids is 2. The van der Waals surface area contributed by atoms with Gasteiger partial charge in [-0.25, -0.2) is 0 Å². The molecular weight excluding hydrogens is 560 g/mol. The number of ether oxygens (including phenoxy) is 1. The first-order chi connectivity index (χ1) is 21.9. The van der Waals surface area contributed by atoms with Crippen LogP contribution in [0.1, 0.15) is 40.0 Å². The molecule has 2 amide bonds. The van der Waals surface area contributed by atoms with Crippen molar-refractivity contribution in [2.75, 3.05) is 38.2 Å². The Hall–Kier alpha value is -5.04. The van der Waals surface area contributed by atoms with E-state index in [0.29, 0.717) is 31.7 Å². The van der Waals surface area contributed by atoms with Crippen LogP contribution in [0.5, 0.6) is 5.75 Å². The van der Waals surface area contributed by atoms with Gasteiger partial charge in [-0.15, -0.1) is 0 Å². The van der Waals surface area contributed by atoms with Gasteiger partial charge in [-0.1, -0.05) is 78.4 Å². The van der Waals surface area contributed by atoms with Gasteiger partial charge in [0.25, 0.3) is 5.91 Å². The molecule has 5 aromatic rings. The van der Waals surface area contributed by atoms with Crippen molar-refractivity contribution in [1.29, 1.82) is 0 Å². The van der Waals surface area contributed by atoms with Gasteiger partial charge in [-0.3, -0.25) is 9.59 Å². The van der Waals surface area contributed by atoms with E-state index in [0.717, 1.165) is 44.7 Å². The van der Waals surface area contributed by atoms with Crippen LogP contribution >= 0.6 is 0 Å². The lowest BCUT2D eigenvalue weighted by Gasteiger charge is -2.40. The Kier molecular flexibility index (Phi) is 7.32. The first-order valence-electron chi connectivity index (χ1n) is 15.6. The molecule has 7 nitrogen and oxygen atoms in total. The number of rotatable bonds is 6. The van der Waals surface area contributed by atoms with E-state index in [1.54, 1.807) is 7.11 Å². The molecule has 7 rings (SSSR count). The number of anilines is 1. The highest BCUT2D eigenvalue weighted by molar-refractivity contribution is 6.04. The lowest BCUT2D eigenvalue weighted by molar-refractivity contribution is -0.136. The third-order valence-electron chi connectivity index (χ3n) is 9.53. The van der Waals surface area contributed by atoms with Gasteiger partial charge in [0.15, 0.2) is 0 Å². The second-order valence-electron chi connectivity index (χ2n) is 12.1. The molecule has 3 heterocycles. The van der Waals surface area contributed by atoms with Crippen molar-refractivity contribution in [3.63, 3.8) is 0 Å². The normalized spacial score (nSPS) is 17.1. The predicted molar refractivity (Wildman–Crippen MR) is 179 cm³/mol. The monoisotopic (exact) mass is 598 g/mol. The number of benzene rings is 4. The van der Waals surface area contributed by atoms with Gasteiger partial charge >= 0.3 is 0 Å². The summed E-state index contributed by atoms with van der Waals surface area (Å²) in [6, 6.07) is 31.7. The van der Waals surface area contributed by atoms with Gasteiger partial charge < -0.3 is 24.0 Å². The molecule has 228 valence electrons. The zero-order valence-corrected chi connectivity index (χ0v) is 26.2. The molecule has 45 heavy (non-hydrogen) atoms. The molecule has 0 saturated carbocycles. The van der Waals surface area contributed by atoms with Gasteiger partial charge in [-0.2, -0.15) is 0 Å². The molecule has 2 aliphatic rings. The molecule has 2 unspecified atom stereocenters. The van der Waals surface area contributed by atoms with Crippen LogP contribution in [0.2, 0.25) is 0 Å². The minimum absolute atomic E-state index is 0.0297. The summed E-state index contributed by atoms with van der Waals surface area (Å²) in [5.74, 6) is 0.693. The molecule has 0 radical (unpaired) electrons. The zero-order chi connectivity index (χ0) is 31.2. The van der Waals surface area contributed by atoms with Crippen molar-refractivity contribution in [3.8, 4) is 17.0 Å². The number of aromatic nitrogens is 1. The van der Waals surface area contributed by atoms with E-state index >= 15 is 0 Å². The maximum atomic E-state index is 14.3. The van der Waals surface area contributed by atoms with Crippen LogP contribution in [0.25, 0.3) is 22.2 Å². The molecule has 2 atom stereocenters. The van der Waals surface area contributed by atoms with E-state index in [1.807, 2.05) is 71.3 Å². The zero-order valence-electron chi connectivity index (χ0n) is 26.2. The summed E-state index contributed by atoms with van der Waals surface area (Å²) in [6.45, 7) is 6.51. The van der Waals surface area contributed by atoms with Crippen molar-refractivity contribution in [1.82, 2.24) is 14.4 Å². The molecule has 1 aromatic heterocycles. The van der Waals surface area contributed by atoms with E-state index in [2.05, 4.69) is 65.9 Å². The highest BCUT2D eigenvalue weighted by Crippen LogP contribution is 2.47. The van der Waals surface area contributed by atoms with Gasteiger partial charge in [0.2, 0.25) is 5.91 Å². The highest BCUT2D eigenvalue weighted by Gasteiger charge is 2.45. The number of nitrogens with zero attached hydrogens (tertiary/aromatic N) is 4. The van der Waals surface area contributed by atoms with Crippen molar-refractivity contribution < 1.29 is 14.3 Å². The summed E-state index contributed by atoms with van der Waals surface area (Å²) in [5.41, 5.74) is 8.09. The Labute approximate surface area is 264 Å². The van der Waals surface area contributed by atoms with Crippen molar-refractivity contribution >= 4 is 28.4 Å². The molecule has 0 N–H and O–H groups in total. The standard InChI is InChI=1S/C38H38N4O3/c1-25-17-19-27(20-18-25)35-34(30-13-7-8-14-31(30)39(35)3)36-28-11-5-6-12-29(28)38(44)42(36)26(2)37(43)41-23-21-40(22-24-41)32-15-9-10-16-33(32)45-4/h5-20,26,36H,21-24H2,1-4H3. The summed E-state index contributed by atoms with van der Waals surface area (Å²) >= 11 is 0. The third kappa shape index (κ3) is 4.74. The lowest BCUT2D eigenvalue weighted by atomic mass is 9.92. The largest absolute Gasteiger partial charge is 0.495 e. The first-order valence-corrected chi connectivity index (χ1v) is 15.6. The fraction of sp³-hybridized carbons (Fsp3) is 0.263. The number of hydrogen-bond acceptors (Lipinski definition) is 4. The highest BCUT2D eigenvalue weighted by atomic mass is 16.5. The van der Waals surface area contributed by atoms with Gasteiger partial charge in [-0.05, 0) is 49.2 Å². The number of hydrogen-bond donors (Lipinski definition) is 0. The van der Waals surface area contributed by atoms with Crippen LogP contribution < -0.4 is 9.64 Å². The van der Waals surface area contributed by atoms with Crippen LogP contribution in [-0.4, -0.2) is 65.5 Å². The average molecular weight is 599 g/mol. The van der Waals surface area contributed by atoms with Crippen molar-refractivity contribution in [3.05, 3.63) is 119 Å². The number of methoxy groups -OCH3 is 1. The van der Waals surface area contributed by atoms with Crippen LogP contribution in [0.3, 0.4) is 0 Å². The lowest BCUT2D eigenvalue weighted by Crippen LogP contribution is -2.55. The van der Waals surface area contributed by atoms with E-state index in [9.17, 15) is 9.59 Å².